The number of carbonyl (C=O) groups is 1. The first-order valence-electron chi connectivity index (χ1n) is 4.13. The van der Waals surface area contributed by atoms with E-state index in [1.54, 1.807) is 18.4 Å². The second-order valence-corrected chi connectivity index (χ2v) is 2.91. The van der Waals surface area contributed by atoms with E-state index in [2.05, 4.69) is 14.5 Å². The maximum absolute atomic E-state index is 10.8. The lowest BCUT2D eigenvalue weighted by molar-refractivity contribution is -0.190. The van der Waals surface area contributed by atoms with E-state index in [-0.39, 0.29) is 11.3 Å². The molecule has 0 aliphatic carbocycles. The lowest BCUT2D eigenvalue weighted by atomic mass is 10.2. The van der Waals surface area contributed by atoms with Crippen LogP contribution in [-0.4, -0.2) is 23.7 Å². The summed E-state index contributed by atoms with van der Waals surface area (Å²) in [5.41, 5.74) is 0.0414. The van der Waals surface area contributed by atoms with Gasteiger partial charge in [-0.2, -0.15) is 0 Å². The predicted octanol–water partition coefficient (Wildman–Crippen LogP) is 1.93. The highest BCUT2D eigenvalue weighted by Crippen LogP contribution is 2.16. The number of carboxylic acid groups (broad SMARTS) is 1. The van der Waals surface area contributed by atoms with Crippen molar-refractivity contribution in [2.24, 2.45) is 5.16 Å². The molecule has 7 heteroatoms. The number of ether oxygens (including phenoxy) is 1. The lowest BCUT2D eigenvalue weighted by Crippen LogP contribution is -2.01. The van der Waals surface area contributed by atoms with Gasteiger partial charge >= 0.3 is 5.97 Å². The first-order chi connectivity index (χ1) is 7.75. The van der Waals surface area contributed by atoms with Crippen LogP contribution in [-0.2, 0) is 9.32 Å². The number of hydrogen-bond donors (Lipinski definition) is 1. The van der Waals surface area contributed by atoms with Gasteiger partial charge in [0, 0.05) is 18.3 Å². The van der Waals surface area contributed by atoms with Crippen LogP contribution in [0.2, 0.25) is 0 Å². The molecule has 0 saturated heterocycles. The van der Waals surface area contributed by atoms with Crippen molar-refractivity contribution in [3.63, 3.8) is 0 Å². The van der Waals surface area contributed by atoms with Gasteiger partial charge in [0.25, 0.3) is 0 Å². The summed E-state index contributed by atoms with van der Waals surface area (Å²) >= 11 is 0.970. The molecular formula is C9H9NO5S. The molecule has 1 N–H and O–H groups in total. The lowest BCUT2D eigenvalue weighted by Gasteiger charge is -2.02. The first-order valence-corrected chi connectivity index (χ1v) is 5.28. The van der Waals surface area contributed by atoms with Gasteiger partial charge in [0.2, 0.25) is 6.40 Å². The summed E-state index contributed by atoms with van der Waals surface area (Å²) in [6, 6.07) is 6.17. The fourth-order valence-corrected chi connectivity index (χ4v) is 0.986. The van der Waals surface area contributed by atoms with Gasteiger partial charge in [0.1, 0.15) is 11.3 Å². The third-order valence-corrected chi connectivity index (χ3v) is 1.68. The van der Waals surface area contributed by atoms with Gasteiger partial charge in [-0.3, -0.25) is 0 Å². The zero-order chi connectivity index (χ0) is 11.8. The predicted molar refractivity (Wildman–Crippen MR) is 58.2 cm³/mol. The fourth-order valence-electron chi connectivity index (χ4n) is 0.890. The van der Waals surface area contributed by atoms with E-state index < -0.39 is 5.97 Å². The average Bonchev–Trinajstić information content (AvgIpc) is 2.29. The van der Waals surface area contributed by atoms with Crippen LogP contribution in [0.5, 0.6) is 5.75 Å². The Labute approximate surface area is 95.9 Å². The number of benzene rings is 1. The van der Waals surface area contributed by atoms with E-state index in [4.69, 9.17) is 9.84 Å². The van der Waals surface area contributed by atoms with Crippen LogP contribution >= 0.6 is 12.0 Å². The quantitative estimate of drug-likeness (QED) is 0.205. The molecule has 0 bridgehead atoms. The Morgan fingerprint density at radius 3 is 2.94 bits per heavy atom. The summed E-state index contributed by atoms with van der Waals surface area (Å²) in [6.45, 7) is 0. The van der Waals surface area contributed by atoms with Gasteiger partial charge < -0.3 is 9.84 Å². The summed E-state index contributed by atoms with van der Waals surface area (Å²) in [7, 11) is 0. The minimum Gasteiger partial charge on any atom is -0.478 e. The van der Waals surface area contributed by atoms with Crippen molar-refractivity contribution in [3.05, 3.63) is 29.8 Å². The fraction of sp³-hybridized carbons (Fsp3) is 0.111. The molecule has 0 aliphatic rings. The maximum Gasteiger partial charge on any atom is 0.339 e. The Hall–Kier alpha value is -1.73. The minimum absolute atomic E-state index is 0.0414. The van der Waals surface area contributed by atoms with Crippen molar-refractivity contribution in [3.8, 4) is 5.75 Å². The molecule has 0 atom stereocenters. The SMILES string of the molecule is CSOO/N=C/Oc1ccccc1C(=O)O. The molecule has 0 unspecified atom stereocenters. The number of oxime groups is 1. The minimum atomic E-state index is -1.08. The van der Waals surface area contributed by atoms with E-state index in [0.29, 0.717) is 0 Å². The summed E-state index contributed by atoms with van der Waals surface area (Å²) in [5.74, 6) is -0.906. The molecule has 1 aromatic carbocycles. The van der Waals surface area contributed by atoms with Crippen LogP contribution in [0.25, 0.3) is 0 Å². The molecule has 1 aromatic rings. The van der Waals surface area contributed by atoms with Crippen molar-refractivity contribution in [1.29, 1.82) is 0 Å². The molecule has 16 heavy (non-hydrogen) atoms. The number of hydrogen-bond acceptors (Lipinski definition) is 6. The van der Waals surface area contributed by atoms with Crippen molar-refractivity contribution in [1.82, 2.24) is 0 Å². The molecule has 0 fully saturated rings. The van der Waals surface area contributed by atoms with Gasteiger partial charge in [0.05, 0.1) is 0 Å². The molecule has 0 saturated carbocycles. The normalized spacial score (nSPS) is 10.3. The summed E-state index contributed by atoms with van der Waals surface area (Å²) in [4.78, 5) is 15.0. The van der Waals surface area contributed by atoms with Crippen LogP contribution in [0.3, 0.4) is 0 Å². The largest absolute Gasteiger partial charge is 0.478 e. The Balaban J connectivity index is 2.59. The monoisotopic (exact) mass is 243 g/mol. The zero-order valence-electron chi connectivity index (χ0n) is 8.32. The first kappa shape index (κ1) is 12.3. The van der Waals surface area contributed by atoms with Gasteiger partial charge in [-0.25, -0.2) is 9.78 Å². The summed E-state index contributed by atoms with van der Waals surface area (Å²) in [5, 5.41) is 12.1. The highest BCUT2D eigenvalue weighted by atomic mass is 32.2. The second kappa shape index (κ2) is 6.70. The molecular weight excluding hydrogens is 234 g/mol. The Morgan fingerprint density at radius 1 is 1.50 bits per heavy atom. The van der Waals surface area contributed by atoms with Crippen LogP contribution in [0, 0.1) is 0 Å². The van der Waals surface area contributed by atoms with Crippen molar-refractivity contribution in [2.75, 3.05) is 6.26 Å². The molecule has 0 aromatic heterocycles. The molecule has 1 rings (SSSR count). The Morgan fingerprint density at radius 2 is 2.25 bits per heavy atom. The van der Waals surface area contributed by atoms with Gasteiger partial charge in [0.15, 0.2) is 0 Å². The van der Waals surface area contributed by atoms with Crippen LogP contribution in [0.1, 0.15) is 10.4 Å². The van der Waals surface area contributed by atoms with Crippen LogP contribution in [0.4, 0.5) is 0 Å². The molecule has 0 amide bonds. The molecule has 0 spiro atoms. The van der Waals surface area contributed by atoms with E-state index in [1.807, 2.05) is 0 Å². The van der Waals surface area contributed by atoms with E-state index in [9.17, 15) is 4.79 Å². The molecule has 6 nitrogen and oxygen atoms in total. The van der Waals surface area contributed by atoms with E-state index in [1.165, 1.54) is 12.1 Å². The van der Waals surface area contributed by atoms with Crippen LogP contribution < -0.4 is 4.74 Å². The molecule has 86 valence electrons. The number of para-hydroxylation sites is 1. The van der Waals surface area contributed by atoms with Gasteiger partial charge in [-0.1, -0.05) is 16.5 Å². The Bertz CT molecular complexity index is 382. The van der Waals surface area contributed by atoms with Crippen molar-refractivity contribution in [2.45, 2.75) is 0 Å². The number of carboxylic acids is 1. The third-order valence-electron chi connectivity index (χ3n) is 1.48. The second-order valence-electron chi connectivity index (χ2n) is 2.44. The molecule has 0 heterocycles. The number of aromatic carboxylic acids is 1. The number of rotatable bonds is 6. The maximum atomic E-state index is 10.8. The van der Waals surface area contributed by atoms with Crippen molar-refractivity contribution >= 4 is 24.4 Å². The van der Waals surface area contributed by atoms with E-state index >= 15 is 0 Å². The summed E-state index contributed by atoms with van der Waals surface area (Å²) in [6.07, 6.45) is 2.59. The standard InChI is InChI=1S/C9H9NO5S/c1-16-15-14-10-6-13-8-5-3-2-4-7(8)9(11)12/h2-6H,1H3,(H,11,12)/b10-6+. The van der Waals surface area contributed by atoms with Crippen LogP contribution in [0.15, 0.2) is 29.4 Å². The smallest absolute Gasteiger partial charge is 0.339 e. The topological polar surface area (TPSA) is 77.3 Å². The van der Waals surface area contributed by atoms with Crippen molar-refractivity contribution < 1.29 is 24.0 Å². The van der Waals surface area contributed by atoms with E-state index in [0.717, 1.165) is 18.4 Å². The van der Waals surface area contributed by atoms with Gasteiger partial charge in [-0.15, -0.1) is 0 Å². The highest BCUT2D eigenvalue weighted by Gasteiger charge is 2.08. The Kier molecular flexibility index (Phi) is 5.17. The molecule has 0 aliphatic heterocycles. The zero-order valence-corrected chi connectivity index (χ0v) is 9.14. The summed E-state index contributed by atoms with van der Waals surface area (Å²) < 4.78 is 9.33. The van der Waals surface area contributed by atoms with Gasteiger partial charge in [-0.05, 0) is 17.3 Å². The third kappa shape index (κ3) is 3.79. The number of nitrogens with zero attached hydrogens (tertiary/aromatic N) is 1. The highest BCUT2D eigenvalue weighted by molar-refractivity contribution is 7.93. The average molecular weight is 243 g/mol. The molecule has 0 radical (unpaired) electrons.